The van der Waals surface area contributed by atoms with Crippen molar-refractivity contribution in [3.05, 3.63) is 16.4 Å². The van der Waals surface area contributed by atoms with Crippen LogP contribution in [0.3, 0.4) is 0 Å². The first-order valence-corrected chi connectivity index (χ1v) is 6.35. The largest absolute Gasteiger partial charge is 0.317 e. The minimum Gasteiger partial charge on any atom is -0.317 e. The molecule has 0 saturated heterocycles. The fourth-order valence-electron chi connectivity index (χ4n) is 2.12. The van der Waals surface area contributed by atoms with E-state index in [0.717, 1.165) is 16.8 Å². The molecule has 0 radical (unpaired) electrons. The zero-order valence-electron chi connectivity index (χ0n) is 9.33. The van der Waals surface area contributed by atoms with E-state index in [9.17, 15) is 0 Å². The molecule has 0 amide bonds. The van der Waals surface area contributed by atoms with Gasteiger partial charge in [0.25, 0.3) is 0 Å². The number of aryl methyl sites for hydroxylation is 1. The first-order chi connectivity index (χ1) is 7.22. The summed E-state index contributed by atoms with van der Waals surface area (Å²) in [4.78, 5) is 0. The first-order valence-electron chi connectivity index (χ1n) is 5.56. The minimum atomic E-state index is 0.687. The highest BCUT2D eigenvalue weighted by atomic mass is 79.9. The Balaban J connectivity index is 1.91. The van der Waals surface area contributed by atoms with E-state index >= 15 is 0 Å². The molecule has 1 fully saturated rings. The standard InChI is InChI=1S/C11H18BrN3/c1-13-10(8-3-4-8)5-6-11-9(12)7-14-15(11)2/h7-8,10,13H,3-6H2,1-2H3. The Hall–Kier alpha value is -0.350. The molecule has 1 unspecified atom stereocenters. The third-order valence-electron chi connectivity index (χ3n) is 3.26. The van der Waals surface area contributed by atoms with Gasteiger partial charge in [0, 0.05) is 13.1 Å². The predicted octanol–water partition coefficient (Wildman–Crippen LogP) is 2.11. The molecule has 4 heteroatoms. The quantitative estimate of drug-likeness (QED) is 0.889. The Bertz CT molecular complexity index is 311. The van der Waals surface area contributed by atoms with Gasteiger partial charge in [0.15, 0.2) is 0 Å². The van der Waals surface area contributed by atoms with Gasteiger partial charge in [0.2, 0.25) is 0 Å². The summed E-state index contributed by atoms with van der Waals surface area (Å²) in [6, 6.07) is 0.687. The SMILES string of the molecule is CNC(CCc1c(Br)cnn1C)C1CC1. The molecule has 3 nitrogen and oxygen atoms in total. The number of nitrogens with zero attached hydrogens (tertiary/aromatic N) is 2. The third kappa shape index (κ3) is 2.61. The summed E-state index contributed by atoms with van der Waals surface area (Å²) in [7, 11) is 4.08. The molecule has 1 saturated carbocycles. The first kappa shape index (κ1) is 11.1. The van der Waals surface area contributed by atoms with Crippen molar-refractivity contribution in [3.63, 3.8) is 0 Å². The van der Waals surface area contributed by atoms with Crippen LogP contribution in [0.5, 0.6) is 0 Å². The molecule has 1 atom stereocenters. The summed E-state index contributed by atoms with van der Waals surface area (Å²) in [6.07, 6.45) is 6.98. The van der Waals surface area contributed by atoms with Gasteiger partial charge in [-0.15, -0.1) is 0 Å². The van der Waals surface area contributed by atoms with Gasteiger partial charge in [-0.25, -0.2) is 0 Å². The van der Waals surface area contributed by atoms with Crippen molar-refractivity contribution in [2.75, 3.05) is 7.05 Å². The lowest BCUT2D eigenvalue weighted by atomic mass is 10.1. The molecule has 1 aromatic heterocycles. The van der Waals surface area contributed by atoms with Gasteiger partial charge < -0.3 is 5.32 Å². The summed E-state index contributed by atoms with van der Waals surface area (Å²) >= 11 is 3.54. The van der Waals surface area contributed by atoms with Crippen LogP contribution in [-0.2, 0) is 13.5 Å². The number of rotatable bonds is 5. The highest BCUT2D eigenvalue weighted by Gasteiger charge is 2.29. The van der Waals surface area contributed by atoms with E-state index in [1.54, 1.807) is 0 Å². The zero-order valence-corrected chi connectivity index (χ0v) is 10.9. The molecule has 0 spiro atoms. The second-order valence-corrected chi connectivity index (χ2v) is 5.19. The van der Waals surface area contributed by atoms with Crippen molar-refractivity contribution in [2.45, 2.75) is 31.7 Å². The molecule has 84 valence electrons. The van der Waals surface area contributed by atoms with Crippen LogP contribution < -0.4 is 5.32 Å². The lowest BCUT2D eigenvalue weighted by Gasteiger charge is -2.15. The Labute approximate surface area is 99.4 Å². The Morgan fingerprint density at radius 1 is 1.67 bits per heavy atom. The number of hydrogen-bond donors (Lipinski definition) is 1. The highest BCUT2D eigenvalue weighted by molar-refractivity contribution is 9.10. The van der Waals surface area contributed by atoms with E-state index in [1.807, 2.05) is 17.9 Å². The van der Waals surface area contributed by atoms with Crippen LogP contribution in [0.4, 0.5) is 0 Å². The Morgan fingerprint density at radius 2 is 2.40 bits per heavy atom. The highest BCUT2D eigenvalue weighted by Crippen LogP contribution is 2.34. The average Bonchev–Trinajstić information content (AvgIpc) is 3.00. The zero-order chi connectivity index (χ0) is 10.8. The molecule has 1 aliphatic rings. The van der Waals surface area contributed by atoms with E-state index in [2.05, 4.69) is 33.4 Å². The average molecular weight is 272 g/mol. The molecule has 1 aliphatic carbocycles. The van der Waals surface area contributed by atoms with Crippen molar-refractivity contribution < 1.29 is 0 Å². The van der Waals surface area contributed by atoms with E-state index in [1.165, 1.54) is 25.0 Å². The van der Waals surface area contributed by atoms with Gasteiger partial charge in [0.05, 0.1) is 16.4 Å². The summed E-state index contributed by atoms with van der Waals surface area (Å²) in [6.45, 7) is 0. The number of aromatic nitrogens is 2. The molecule has 15 heavy (non-hydrogen) atoms. The molecular formula is C11H18BrN3. The third-order valence-corrected chi connectivity index (χ3v) is 3.93. The van der Waals surface area contributed by atoms with Crippen molar-refractivity contribution in [2.24, 2.45) is 13.0 Å². The van der Waals surface area contributed by atoms with Crippen LogP contribution >= 0.6 is 15.9 Å². The van der Waals surface area contributed by atoms with Gasteiger partial charge in [-0.2, -0.15) is 5.10 Å². The monoisotopic (exact) mass is 271 g/mol. The van der Waals surface area contributed by atoms with Crippen LogP contribution in [-0.4, -0.2) is 22.9 Å². The maximum absolute atomic E-state index is 4.23. The summed E-state index contributed by atoms with van der Waals surface area (Å²) in [5.41, 5.74) is 1.30. The molecule has 1 N–H and O–H groups in total. The van der Waals surface area contributed by atoms with Gasteiger partial charge in [-0.1, -0.05) is 0 Å². The molecule has 1 heterocycles. The van der Waals surface area contributed by atoms with Gasteiger partial charge in [0.1, 0.15) is 0 Å². The number of halogens is 1. The molecule has 0 bridgehead atoms. The number of nitrogens with one attached hydrogen (secondary N) is 1. The van der Waals surface area contributed by atoms with Crippen LogP contribution in [0.2, 0.25) is 0 Å². The summed E-state index contributed by atoms with van der Waals surface area (Å²) in [5, 5.41) is 7.65. The second-order valence-electron chi connectivity index (χ2n) is 4.33. The van der Waals surface area contributed by atoms with Crippen LogP contribution in [0.25, 0.3) is 0 Å². The van der Waals surface area contributed by atoms with Crippen molar-refractivity contribution >= 4 is 15.9 Å². The van der Waals surface area contributed by atoms with Crippen molar-refractivity contribution in [1.82, 2.24) is 15.1 Å². The van der Waals surface area contributed by atoms with E-state index in [-0.39, 0.29) is 0 Å². The summed E-state index contributed by atoms with van der Waals surface area (Å²) < 4.78 is 3.10. The summed E-state index contributed by atoms with van der Waals surface area (Å²) in [5.74, 6) is 0.919. The smallest absolute Gasteiger partial charge is 0.0635 e. The van der Waals surface area contributed by atoms with Gasteiger partial charge in [-0.3, -0.25) is 4.68 Å². The molecule has 0 aliphatic heterocycles. The maximum atomic E-state index is 4.23. The van der Waals surface area contributed by atoms with Gasteiger partial charge >= 0.3 is 0 Å². The molecular weight excluding hydrogens is 254 g/mol. The maximum Gasteiger partial charge on any atom is 0.0635 e. The molecule has 2 rings (SSSR count). The van der Waals surface area contributed by atoms with E-state index < -0.39 is 0 Å². The van der Waals surface area contributed by atoms with E-state index in [4.69, 9.17) is 0 Å². The lowest BCUT2D eigenvalue weighted by Crippen LogP contribution is -2.28. The fraction of sp³-hybridized carbons (Fsp3) is 0.727. The molecule has 0 aromatic carbocycles. The predicted molar refractivity (Wildman–Crippen MR) is 64.8 cm³/mol. The normalized spacial score (nSPS) is 18.1. The number of hydrogen-bond acceptors (Lipinski definition) is 2. The fourth-order valence-corrected chi connectivity index (χ4v) is 2.67. The second kappa shape index (κ2) is 4.66. The minimum absolute atomic E-state index is 0.687. The lowest BCUT2D eigenvalue weighted by molar-refractivity contribution is 0.463. The van der Waals surface area contributed by atoms with Crippen molar-refractivity contribution in [3.8, 4) is 0 Å². The van der Waals surface area contributed by atoms with Crippen LogP contribution in [0.15, 0.2) is 10.7 Å². The van der Waals surface area contributed by atoms with Crippen LogP contribution in [0.1, 0.15) is 25.0 Å². The Kier molecular flexibility index (Phi) is 3.46. The topological polar surface area (TPSA) is 29.9 Å². The van der Waals surface area contributed by atoms with Gasteiger partial charge in [-0.05, 0) is 54.6 Å². The Morgan fingerprint density at radius 3 is 2.87 bits per heavy atom. The van der Waals surface area contributed by atoms with Crippen molar-refractivity contribution in [1.29, 1.82) is 0 Å². The van der Waals surface area contributed by atoms with Crippen LogP contribution in [0, 0.1) is 5.92 Å². The van der Waals surface area contributed by atoms with E-state index in [0.29, 0.717) is 6.04 Å². The molecule has 1 aromatic rings.